The van der Waals surface area contributed by atoms with Crippen LogP contribution in [0.15, 0.2) is 47.5 Å². The van der Waals surface area contributed by atoms with E-state index < -0.39 is 5.66 Å². The summed E-state index contributed by atoms with van der Waals surface area (Å²) in [5.74, 6) is -0.308. The van der Waals surface area contributed by atoms with Crippen molar-refractivity contribution >= 4 is 23.2 Å². The van der Waals surface area contributed by atoms with Crippen LogP contribution in [0, 0.1) is 12.7 Å². The van der Waals surface area contributed by atoms with Crippen molar-refractivity contribution in [2.45, 2.75) is 44.7 Å². The average Bonchev–Trinajstić information content (AvgIpc) is 3.03. The van der Waals surface area contributed by atoms with Gasteiger partial charge in [-0.15, -0.1) is 0 Å². The number of benzene rings is 2. The molecule has 2 aliphatic rings. The number of nitrogens with one attached hydrogen (secondary N) is 1. The number of hydrogen-bond donors (Lipinski definition) is 1. The van der Waals surface area contributed by atoms with Crippen LogP contribution >= 0.6 is 0 Å². The summed E-state index contributed by atoms with van der Waals surface area (Å²) in [6, 6.07) is 11.8. The normalized spacial score (nSPS) is 17.6. The average molecular weight is 423 g/mol. The van der Waals surface area contributed by atoms with Crippen molar-refractivity contribution in [2.75, 3.05) is 19.0 Å². The predicted octanol–water partition coefficient (Wildman–Crippen LogP) is 4.07. The fourth-order valence-electron chi connectivity index (χ4n) is 4.30. The Morgan fingerprint density at radius 2 is 1.87 bits per heavy atom. The molecule has 0 aromatic heterocycles. The highest BCUT2D eigenvalue weighted by Gasteiger charge is 2.48. The molecule has 1 aliphatic heterocycles. The predicted molar refractivity (Wildman–Crippen MR) is 117 cm³/mol. The summed E-state index contributed by atoms with van der Waals surface area (Å²) in [7, 11) is 1.59. The number of rotatable bonds is 5. The first-order valence-corrected chi connectivity index (χ1v) is 10.5. The molecule has 7 heteroatoms. The lowest BCUT2D eigenvalue weighted by Gasteiger charge is -2.38. The third-order valence-electron chi connectivity index (χ3n) is 6.05. The van der Waals surface area contributed by atoms with Crippen LogP contribution in [-0.4, -0.2) is 41.7 Å². The second-order valence-corrected chi connectivity index (χ2v) is 8.14. The van der Waals surface area contributed by atoms with Gasteiger partial charge in [-0.3, -0.25) is 14.6 Å². The highest BCUT2D eigenvalue weighted by molar-refractivity contribution is 6.47. The molecule has 1 fully saturated rings. The Bertz CT molecular complexity index is 1030. The van der Waals surface area contributed by atoms with Gasteiger partial charge in [0, 0.05) is 11.3 Å². The molecule has 1 aliphatic carbocycles. The van der Waals surface area contributed by atoms with Gasteiger partial charge in [0.2, 0.25) is 5.91 Å². The summed E-state index contributed by atoms with van der Waals surface area (Å²) >= 11 is 0. The summed E-state index contributed by atoms with van der Waals surface area (Å²) in [5.41, 5.74) is 1.26. The largest absolute Gasteiger partial charge is 0.497 e. The third-order valence-corrected chi connectivity index (χ3v) is 6.05. The van der Waals surface area contributed by atoms with Crippen LogP contribution in [0.1, 0.15) is 43.2 Å². The van der Waals surface area contributed by atoms with E-state index in [1.54, 1.807) is 43.2 Å². The monoisotopic (exact) mass is 423 g/mol. The lowest BCUT2D eigenvalue weighted by molar-refractivity contribution is -0.134. The van der Waals surface area contributed by atoms with E-state index in [0.29, 0.717) is 28.3 Å². The zero-order chi connectivity index (χ0) is 22.0. The van der Waals surface area contributed by atoms with Crippen LogP contribution in [0.5, 0.6) is 5.75 Å². The molecule has 2 amide bonds. The molecule has 6 nitrogen and oxygen atoms in total. The summed E-state index contributed by atoms with van der Waals surface area (Å²) < 4.78 is 19.0. The van der Waals surface area contributed by atoms with E-state index in [2.05, 4.69) is 5.32 Å². The highest BCUT2D eigenvalue weighted by atomic mass is 19.1. The minimum Gasteiger partial charge on any atom is -0.497 e. The lowest BCUT2D eigenvalue weighted by Crippen LogP contribution is -2.51. The summed E-state index contributed by atoms with van der Waals surface area (Å²) in [6.07, 6.45) is 4.45. The molecule has 1 spiro atoms. The Morgan fingerprint density at radius 3 is 2.52 bits per heavy atom. The molecule has 1 saturated carbocycles. The van der Waals surface area contributed by atoms with Gasteiger partial charge in [0.1, 0.15) is 29.5 Å². The Balaban J connectivity index is 1.57. The zero-order valence-corrected chi connectivity index (χ0v) is 17.8. The van der Waals surface area contributed by atoms with Crippen molar-refractivity contribution in [3.63, 3.8) is 0 Å². The molecule has 2 aromatic carbocycles. The van der Waals surface area contributed by atoms with Gasteiger partial charge in [0.25, 0.3) is 5.91 Å². The van der Waals surface area contributed by atoms with E-state index in [-0.39, 0.29) is 24.2 Å². The number of anilines is 1. The van der Waals surface area contributed by atoms with Gasteiger partial charge in [0.05, 0.1) is 7.11 Å². The number of halogens is 1. The number of amides is 2. The van der Waals surface area contributed by atoms with E-state index in [1.807, 2.05) is 12.1 Å². The Kier molecular flexibility index (Phi) is 5.76. The first-order chi connectivity index (χ1) is 14.9. The lowest BCUT2D eigenvalue weighted by atomic mass is 9.88. The van der Waals surface area contributed by atoms with Gasteiger partial charge in [-0.1, -0.05) is 12.5 Å². The van der Waals surface area contributed by atoms with Crippen molar-refractivity contribution in [3.05, 3.63) is 59.4 Å². The van der Waals surface area contributed by atoms with Gasteiger partial charge in [-0.25, -0.2) is 4.39 Å². The quantitative estimate of drug-likeness (QED) is 0.788. The molecule has 0 atom stereocenters. The topological polar surface area (TPSA) is 71.0 Å². The van der Waals surface area contributed by atoms with Gasteiger partial charge < -0.3 is 15.0 Å². The summed E-state index contributed by atoms with van der Waals surface area (Å²) in [6.45, 7) is 1.53. The van der Waals surface area contributed by atoms with E-state index >= 15 is 0 Å². The van der Waals surface area contributed by atoms with E-state index in [1.165, 1.54) is 6.07 Å². The number of carbonyl (C=O) groups is 2. The molecular formula is C24H26FN3O3. The standard InChI is InChI=1S/C24H26FN3O3/c1-16-6-9-18(14-20(16)25)26-21(29)15-28-23(30)22(17-7-10-19(31-2)11-8-17)27-24(28)12-4-3-5-13-24/h6-11,14H,3-5,12-13,15H2,1-2H3,(H,26,29). The van der Waals surface area contributed by atoms with Crippen LogP contribution in [0.2, 0.25) is 0 Å². The van der Waals surface area contributed by atoms with Crippen molar-refractivity contribution in [2.24, 2.45) is 4.99 Å². The van der Waals surface area contributed by atoms with Gasteiger partial charge in [0.15, 0.2) is 0 Å². The zero-order valence-electron chi connectivity index (χ0n) is 17.8. The number of aliphatic imine (C=N–C) groups is 1. The minimum absolute atomic E-state index is 0.127. The van der Waals surface area contributed by atoms with Gasteiger partial charge >= 0.3 is 0 Å². The second-order valence-electron chi connectivity index (χ2n) is 8.14. The first kappa shape index (κ1) is 21.0. The second kappa shape index (κ2) is 8.49. The molecule has 1 heterocycles. The number of ether oxygens (including phenoxy) is 1. The summed E-state index contributed by atoms with van der Waals surface area (Å²) in [4.78, 5) is 32.6. The Hall–Kier alpha value is -3.22. The number of carbonyl (C=O) groups excluding carboxylic acids is 2. The fraction of sp³-hybridized carbons (Fsp3) is 0.375. The molecule has 0 bridgehead atoms. The molecule has 4 rings (SSSR count). The maximum atomic E-state index is 13.8. The van der Waals surface area contributed by atoms with Crippen LogP contribution in [0.25, 0.3) is 0 Å². The van der Waals surface area contributed by atoms with Gasteiger partial charge in [-0.2, -0.15) is 0 Å². The Morgan fingerprint density at radius 1 is 1.16 bits per heavy atom. The SMILES string of the molecule is COc1ccc(C2=NC3(CCCCC3)N(CC(=O)Nc3ccc(C)c(F)c3)C2=O)cc1. The minimum atomic E-state index is -0.694. The number of aryl methyl sites for hydroxylation is 1. The number of nitrogens with zero attached hydrogens (tertiary/aromatic N) is 2. The van der Waals surface area contributed by atoms with Crippen molar-refractivity contribution in [3.8, 4) is 5.75 Å². The fourth-order valence-corrected chi connectivity index (χ4v) is 4.30. The molecule has 2 aromatic rings. The van der Waals surface area contributed by atoms with Crippen molar-refractivity contribution in [1.82, 2.24) is 4.90 Å². The van der Waals surface area contributed by atoms with Gasteiger partial charge in [-0.05, 0) is 74.6 Å². The molecular weight excluding hydrogens is 397 g/mol. The molecule has 1 N–H and O–H groups in total. The van der Waals surface area contributed by atoms with E-state index in [0.717, 1.165) is 32.1 Å². The van der Waals surface area contributed by atoms with Crippen molar-refractivity contribution < 1.29 is 18.7 Å². The van der Waals surface area contributed by atoms with Crippen molar-refractivity contribution in [1.29, 1.82) is 0 Å². The Labute approximate surface area is 181 Å². The number of methoxy groups -OCH3 is 1. The maximum absolute atomic E-state index is 13.8. The van der Waals surface area contributed by atoms with E-state index in [9.17, 15) is 14.0 Å². The molecule has 31 heavy (non-hydrogen) atoms. The molecule has 0 unspecified atom stereocenters. The molecule has 0 saturated heterocycles. The van der Waals surface area contributed by atoms with Crippen LogP contribution in [0.4, 0.5) is 10.1 Å². The first-order valence-electron chi connectivity index (χ1n) is 10.5. The molecule has 0 radical (unpaired) electrons. The summed E-state index contributed by atoms with van der Waals surface area (Å²) in [5, 5.41) is 2.71. The van der Waals surface area contributed by atoms with Crippen LogP contribution in [0.3, 0.4) is 0 Å². The number of hydrogen-bond acceptors (Lipinski definition) is 4. The van der Waals surface area contributed by atoms with Crippen LogP contribution in [-0.2, 0) is 9.59 Å². The van der Waals surface area contributed by atoms with Crippen LogP contribution < -0.4 is 10.1 Å². The van der Waals surface area contributed by atoms with E-state index in [4.69, 9.17) is 9.73 Å². The highest BCUT2D eigenvalue weighted by Crippen LogP contribution is 2.39. The third kappa shape index (κ3) is 4.17. The molecule has 162 valence electrons. The smallest absolute Gasteiger partial charge is 0.275 e. The maximum Gasteiger partial charge on any atom is 0.275 e.